The van der Waals surface area contributed by atoms with Crippen molar-refractivity contribution in [2.24, 2.45) is 0 Å². The topological polar surface area (TPSA) is 36.4 Å². The zero-order chi connectivity index (χ0) is 19.0. The van der Waals surface area contributed by atoms with E-state index >= 15 is 0 Å². The molecular formula is C22H25N3OS. The number of hydrogen-bond donors (Lipinski definition) is 0. The summed E-state index contributed by atoms with van der Waals surface area (Å²) in [5, 5.41) is 3.33. The summed E-state index contributed by atoms with van der Waals surface area (Å²) < 4.78 is 0. The fraction of sp³-hybridized carbons (Fsp3) is 0.364. The molecule has 5 heteroatoms. The van der Waals surface area contributed by atoms with E-state index in [-0.39, 0.29) is 5.91 Å². The summed E-state index contributed by atoms with van der Waals surface area (Å²) >= 11 is 1.51. The van der Waals surface area contributed by atoms with Crippen molar-refractivity contribution < 1.29 is 4.79 Å². The lowest BCUT2D eigenvalue weighted by atomic mass is 10.1. The van der Waals surface area contributed by atoms with Gasteiger partial charge in [-0.2, -0.15) is 0 Å². The van der Waals surface area contributed by atoms with E-state index in [1.165, 1.54) is 22.1 Å². The molecule has 27 heavy (non-hydrogen) atoms. The summed E-state index contributed by atoms with van der Waals surface area (Å²) in [5.41, 5.74) is 1.91. The van der Waals surface area contributed by atoms with Crippen LogP contribution in [0.2, 0.25) is 0 Å². The molecule has 1 aliphatic heterocycles. The van der Waals surface area contributed by atoms with Gasteiger partial charge in [0.2, 0.25) is 0 Å². The first-order valence-electron chi connectivity index (χ1n) is 9.53. The monoisotopic (exact) mass is 379 g/mol. The number of rotatable bonds is 3. The molecule has 1 fully saturated rings. The van der Waals surface area contributed by atoms with Crippen molar-refractivity contribution in [2.75, 3.05) is 26.2 Å². The van der Waals surface area contributed by atoms with E-state index in [0.29, 0.717) is 6.04 Å². The SMILES string of the molecule is Cc1nc(-c2ccc3ccccc3c2)sc1C(=O)N1CCN(C(C)C)CC1. The van der Waals surface area contributed by atoms with Gasteiger partial charge in [0.15, 0.2) is 0 Å². The second-order valence-electron chi connectivity index (χ2n) is 7.42. The van der Waals surface area contributed by atoms with Crippen LogP contribution in [0, 0.1) is 6.92 Å². The number of carbonyl (C=O) groups is 1. The van der Waals surface area contributed by atoms with E-state index in [2.05, 4.69) is 49.1 Å². The summed E-state index contributed by atoms with van der Waals surface area (Å²) in [4.78, 5) is 22.9. The van der Waals surface area contributed by atoms with Crippen LogP contribution in [0.15, 0.2) is 42.5 Å². The first-order valence-corrected chi connectivity index (χ1v) is 10.3. The highest BCUT2D eigenvalue weighted by molar-refractivity contribution is 7.17. The Balaban J connectivity index is 1.56. The zero-order valence-electron chi connectivity index (χ0n) is 16.1. The third kappa shape index (κ3) is 3.62. The van der Waals surface area contributed by atoms with Gasteiger partial charge < -0.3 is 4.90 Å². The Kier molecular flexibility index (Phi) is 4.98. The summed E-state index contributed by atoms with van der Waals surface area (Å²) in [6.07, 6.45) is 0. The maximum absolute atomic E-state index is 13.0. The highest BCUT2D eigenvalue weighted by atomic mass is 32.1. The van der Waals surface area contributed by atoms with Crippen LogP contribution in [-0.2, 0) is 0 Å². The van der Waals surface area contributed by atoms with Crippen molar-refractivity contribution in [2.45, 2.75) is 26.8 Å². The first-order chi connectivity index (χ1) is 13.0. The number of fused-ring (bicyclic) bond motifs is 1. The maximum Gasteiger partial charge on any atom is 0.265 e. The van der Waals surface area contributed by atoms with Crippen LogP contribution in [0.25, 0.3) is 21.3 Å². The van der Waals surface area contributed by atoms with Gasteiger partial charge in [-0.1, -0.05) is 36.4 Å². The van der Waals surface area contributed by atoms with Gasteiger partial charge in [-0.25, -0.2) is 4.98 Å². The highest BCUT2D eigenvalue weighted by Gasteiger charge is 2.26. The fourth-order valence-corrected chi connectivity index (χ4v) is 4.66. The van der Waals surface area contributed by atoms with E-state index in [4.69, 9.17) is 4.98 Å². The van der Waals surface area contributed by atoms with Crippen LogP contribution < -0.4 is 0 Å². The van der Waals surface area contributed by atoms with Crippen LogP contribution in [0.1, 0.15) is 29.2 Å². The van der Waals surface area contributed by atoms with E-state index in [1.807, 2.05) is 24.0 Å². The van der Waals surface area contributed by atoms with Gasteiger partial charge in [0.1, 0.15) is 9.88 Å². The summed E-state index contributed by atoms with van der Waals surface area (Å²) in [7, 11) is 0. The molecular weight excluding hydrogens is 354 g/mol. The van der Waals surface area contributed by atoms with Crippen molar-refractivity contribution in [3.8, 4) is 10.6 Å². The van der Waals surface area contributed by atoms with Crippen molar-refractivity contribution in [1.29, 1.82) is 0 Å². The van der Waals surface area contributed by atoms with Gasteiger partial charge >= 0.3 is 0 Å². The van der Waals surface area contributed by atoms with Gasteiger partial charge in [-0.15, -0.1) is 11.3 Å². The molecule has 2 heterocycles. The number of thiazole rings is 1. The molecule has 2 aromatic carbocycles. The number of hydrogen-bond acceptors (Lipinski definition) is 4. The van der Waals surface area contributed by atoms with Crippen molar-refractivity contribution in [3.05, 3.63) is 53.0 Å². The normalized spacial score (nSPS) is 15.6. The number of amides is 1. The molecule has 0 spiro atoms. The lowest BCUT2D eigenvalue weighted by molar-refractivity contribution is 0.0599. The van der Waals surface area contributed by atoms with E-state index in [9.17, 15) is 4.79 Å². The molecule has 140 valence electrons. The molecule has 0 atom stereocenters. The number of aromatic nitrogens is 1. The molecule has 4 nitrogen and oxygen atoms in total. The zero-order valence-corrected chi connectivity index (χ0v) is 16.9. The smallest absolute Gasteiger partial charge is 0.265 e. The van der Waals surface area contributed by atoms with Gasteiger partial charge in [0.25, 0.3) is 5.91 Å². The van der Waals surface area contributed by atoms with Crippen LogP contribution in [0.5, 0.6) is 0 Å². The third-order valence-corrected chi connectivity index (χ3v) is 6.51. The lowest BCUT2D eigenvalue weighted by Gasteiger charge is -2.36. The van der Waals surface area contributed by atoms with Crippen molar-refractivity contribution >= 4 is 28.0 Å². The molecule has 0 N–H and O–H groups in total. The number of benzene rings is 2. The molecule has 0 aliphatic carbocycles. The summed E-state index contributed by atoms with van der Waals surface area (Å²) in [6, 6.07) is 15.2. The Morgan fingerprint density at radius 2 is 1.74 bits per heavy atom. The van der Waals surface area contributed by atoms with Crippen LogP contribution in [-0.4, -0.2) is 52.9 Å². The fourth-order valence-electron chi connectivity index (χ4n) is 3.63. The Hall–Kier alpha value is -2.24. The van der Waals surface area contributed by atoms with Crippen LogP contribution in [0.4, 0.5) is 0 Å². The van der Waals surface area contributed by atoms with Gasteiger partial charge in [0, 0.05) is 37.8 Å². The van der Waals surface area contributed by atoms with E-state index in [0.717, 1.165) is 47.3 Å². The molecule has 0 unspecified atom stereocenters. The van der Waals surface area contributed by atoms with Crippen molar-refractivity contribution in [1.82, 2.24) is 14.8 Å². The second-order valence-corrected chi connectivity index (χ2v) is 8.42. The predicted molar refractivity (Wildman–Crippen MR) is 112 cm³/mol. The third-order valence-electron chi connectivity index (χ3n) is 5.32. The first kappa shape index (κ1) is 18.1. The number of piperazine rings is 1. The summed E-state index contributed by atoms with van der Waals surface area (Å²) in [5.74, 6) is 0.125. The Morgan fingerprint density at radius 3 is 2.44 bits per heavy atom. The average Bonchev–Trinajstić information content (AvgIpc) is 3.08. The summed E-state index contributed by atoms with van der Waals surface area (Å²) in [6.45, 7) is 9.83. The number of nitrogens with zero attached hydrogens (tertiary/aromatic N) is 3. The second kappa shape index (κ2) is 7.41. The van der Waals surface area contributed by atoms with Gasteiger partial charge in [-0.3, -0.25) is 9.69 Å². The lowest BCUT2D eigenvalue weighted by Crippen LogP contribution is -2.50. The molecule has 0 radical (unpaired) electrons. The minimum atomic E-state index is 0.125. The Morgan fingerprint density at radius 1 is 1.04 bits per heavy atom. The molecule has 0 bridgehead atoms. The molecule has 1 aliphatic rings. The molecule has 0 saturated carbocycles. The average molecular weight is 380 g/mol. The minimum absolute atomic E-state index is 0.125. The standard InChI is InChI=1S/C22H25N3OS/c1-15(2)24-10-12-25(13-11-24)22(26)20-16(3)23-21(27-20)19-9-8-17-6-4-5-7-18(17)14-19/h4-9,14-15H,10-13H2,1-3H3. The van der Waals surface area contributed by atoms with E-state index in [1.54, 1.807) is 0 Å². The molecule has 1 aromatic heterocycles. The highest BCUT2D eigenvalue weighted by Crippen LogP contribution is 2.31. The van der Waals surface area contributed by atoms with Crippen molar-refractivity contribution in [3.63, 3.8) is 0 Å². The quantitative estimate of drug-likeness (QED) is 0.675. The molecule has 1 amide bonds. The molecule has 3 aromatic rings. The van der Waals surface area contributed by atoms with Crippen LogP contribution >= 0.6 is 11.3 Å². The Bertz CT molecular complexity index is 971. The number of carbonyl (C=O) groups excluding carboxylic acids is 1. The van der Waals surface area contributed by atoms with Gasteiger partial charge in [-0.05, 0) is 37.6 Å². The predicted octanol–water partition coefficient (Wildman–Crippen LogP) is 4.44. The molecule has 1 saturated heterocycles. The van der Waals surface area contributed by atoms with Gasteiger partial charge in [0.05, 0.1) is 5.69 Å². The minimum Gasteiger partial charge on any atom is -0.335 e. The van der Waals surface area contributed by atoms with Crippen LogP contribution in [0.3, 0.4) is 0 Å². The largest absolute Gasteiger partial charge is 0.335 e. The number of aryl methyl sites for hydroxylation is 1. The Labute approximate surface area is 164 Å². The maximum atomic E-state index is 13.0. The van der Waals surface area contributed by atoms with E-state index < -0.39 is 0 Å². The molecule has 4 rings (SSSR count).